The number of nitrogens with zero attached hydrogens (tertiary/aromatic N) is 1. The molecular weight excluding hydrogens is 420 g/mol. The van der Waals surface area contributed by atoms with Crippen molar-refractivity contribution in [2.45, 2.75) is 32.6 Å². The summed E-state index contributed by atoms with van der Waals surface area (Å²) in [4.78, 5) is 13.1. The molecule has 0 unspecified atom stereocenters. The van der Waals surface area contributed by atoms with Gasteiger partial charge in [0.1, 0.15) is 17.4 Å². The maximum Gasteiger partial charge on any atom is 0.338 e. The number of unbranched alkanes of at least 4 members (excludes halogenated alkanes) is 1. The number of carbonyl (C=O) groups is 1. The lowest BCUT2D eigenvalue weighted by Gasteiger charge is -2.28. The van der Waals surface area contributed by atoms with Crippen LogP contribution < -0.4 is 15.2 Å². The summed E-state index contributed by atoms with van der Waals surface area (Å²) in [6.07, 6.45) is 1.92. The monoisotopic (exact) mass is 448 g/mol. The second kappa shape index (κ2) is 11.1. The van der Waals surface area contributed by atoms with Crippen molar-refractivity contribution in [3.8, 4) is 17.6 Å². The van der Waals surface area contributed by atoms with E-state index < -0.39 is 11.9 Å². The standard InChI is InChI=1S/C26H28N2O5/c1-4-6-14-32-20-13-12-18(15-21(20)30-3)22-19(16-27)25(28)33-24(17-10-8-7-9-11-17)23(22)26(29)31-5-2/h7-13,15,22H,4-6,14,28H2,1-3H3/t22-/m0/s1. The molecule has 0 spiro atoms. The normalized spacial score (nSPS) is 15.5. The lowest BCUT2D eigenvalue weighted by atomic mass is 9.82. The number of esters is 1. The number of benzene rings is 2. The summed E-state index contributed by atoms with van der Waals surface area (Å²) in [5.41, 5.74) is 7.77. The highest BCUT2D eigenvalue weighted by molar-refractivity contribution is 6.00. The first kappa shape index (κ1) is 23.7. The molecule has 3 rings (SSSR count). The highest BCUT2D eigenvalue weighted by Crippen LogP contribution is 2.44. The SMILES string of the molecule is CCCCOc1ccc([C@H]2C(C#N)=C(N)OC(c3ccccc3)=C2C(=O)OCC)cc1OC. The van der Waals surface area contributed by atoms with Crippen LogP contribution in [0.1, 0.15) is 43.7 Å². The number of hydrogen-bond donors (Lipinski definition) is 1. The molecule has 2 aromatic rings. The van der Waals surface area contributed by atoms with Gasteiger partial charge >= 0.3 is 5.97 Å². The number of nitriles is 1. The lowest BCUT2D eigenvalue weighted by Crippen LogP contribution is -2.26. The van der Waals surface area contributed by atoms with Crippen molar-refractivity contribution in [1.29, 1.82) is 5.26 Å². The third-order valence-corrected chi connectivity index (χ3v) is 5.23. The van der Waals surface area contributed by atoms with Gasteiger partial charge < -0.3 is 24.7 Å². The molecule has 172 valence electrons. The minimum absolute atomic E-state index is 0.0587. The first-order valence-corrected chi connectivity index (χ1v) is 10.9. The third-order valence-electron chi connectivity index (χ3n) is 5.23. The molecule has 1 atom stereocenters. The van der Waals surface area contributed by atoms with Gasteiger partial charge in [-0.25, -0.2) is 4.79 Å². The minimum atomic E-state index is -0.795. The Labute approximate surface area is 194 Å². The number of carbonyl (C=O) groups excluding carboxylic acids is 1. The zero-order valence-corrected chi connectivity index (χ0v) is 19.1. The van der Waals surface area contributed by atoms with Gasteiger partial charge in [-0.1, -0.05) is 49.7 Å². The molecule has 1 aliphatic rings. The Balaban J connectivity index is 2.18. The van der Waals surface area contributed by atoms with E-state index in [4.69, 9.17) is 24.7 Å². The summed E-state index contributed by atoms with van der Waals surface area (Å²) in [7, 11) is 1.54. The fourth-order valence-electron chi connectivity index (χ4n) is 3.62. The molecule has 0 saturated heterocycles. The van der Waals surface area contributed by atoms with Gasteiger partial charge in [0.05, 0.1) is 31.8 Å². The van der Waals surface area contributed by atoms with E-state index in [-0.39, 0.29) is 29.4 Å². The smallest absolute Gasteiger partial charge is 0.338 e. The van der Waals surface area contributed by atoms with Gasteiger partial charge in [-0.05, 0) is 31.0 Å². The van der Waals surface area contributed by atoms with Crippen molar-refractivity contribution in [2.75, 3.05) is 20.3 Å². The van der Waals surface area contributed by atoms with Crippen LogP contribution in [-0.2, 0) is 14.3 Å². The van der Waals surface area contributed by atoms with Crippen LogP contribution in [-0.4, -0.2) is 26.3 Å². The molecule has 2 N–H and O–H groups in total. The van der Waals surface area contributed by atoms with Crippen LogP contribution in [0.25, 0.3) is 5.76 Å². The van der Waals surface area contributed by atoms with Crippen LogP contribution in [0.15, 0.2) is 65.6 Å². The molecule has 0 saturated carbocycles. The van der Waals surface area contributed by atoms with Crippen molar-refractivity contribution in [3.63, 3.8) is 0 Å². The van der Waals surface area contributed by atoms with Gasteiger partial charge in [0.15, 0.2) is 11.5 Å². The fourth-order valence-corrected chi connectivity index (χ4v) is 3.62. The molecule has 0 radical (unpaired) electrons. The van der Waals surface area contributed by atoms with Crippen LogP contribution in [0.4, 0.5) is 0 Å². The summed E-state index contributed by atoms with van der Waals surface area (Å²) in [6, 6.07) is 16.6. The fraction of sp³-hybridized carbons (Fsp3) is 0.308. The second-order valence-electron chi connectivity index (χ2n) is 7.37. The quantitative estimate of drug-likeness (QED) is 0.440. The van der Waals surface area contributed by atoms with Crippen LogP contribution >= 0.6 is 0 Å². The number of nitrogens with two attached hydrogens (primary N) is 1. The summed E-state index contributed by atoms with van der Waals surface area (Å²) >= 11 is 0. The topological polar surface area (TPSA) is 104 Å². The number of rotatable bonds is 9. The maximum absolute atomic E-state index is 13.1. The predicted octanol–water partition coefficient (Wildman–Crippen LogP) is 4.66. The molecule has 33 heavy (non-hydrogen) atoms. The molecule has 0 amide bonds. The Morgan fingerprint density at radius 2 is 1.91 bits per heavy atom. The Kier molecular flexibility index (Phi) is 7.98. The van der Waals surface area contributed by atoms with Gasteiger partial charge in [0.2, 0.25) is 5.88 Å². The zero-order chi connectivity index (χ0) is 23.8. The number of hydrogen-bond acceptors (Lipinski definition) is 7. The van der Waals surface area contributed by atoms with E-state index in [9.17, 15) is 10.1 Å². The molecule has 7 nitrogen and oxygen atoms in total. The van der Waals surface area contributed by atoms with E-state index in [0.29, 0.717) is 29.2 Å². The molecular formula is C26H28N2O5. The van der Waals surface area contributed by atoms with Crippen LogP contribution in [0.3, 0.4) is 0 Å². The first-order chi connectivity index (χ1) is 16.0. The predicted molar refractivity (Wildman–Crippen MR) is 124 cm³/mol. The average molecular weight is 449 g/mol. The Bertz CT molecular complexity index is 1100. The molecule has 7 heteroatoms. The zero-order valence-electron chi connectivity index (χ0n) is 19.1. The van der Waals surface area contributed by atoms with Crippen molar-refractivity contribution >= 4 is 11.7 Å². The summed E-state index contributed by atoms with van der Waals surface area (Å²) in [5.74, 6) is -0.0903. The second-order valence-corrected chi connectivity index (χ2v) is 7.37. The highest BCUT2D eigenvalue weighted by atomic mass is 16.5. The van der Waals surface area contributed by atoms with Crippen molar-refractivity contribution in [1.82, 2.24) is 0 Å². The largest absolute Gasteiger partial charge is 0.493 e. The van der Waals surface area contributed by atoms with E-state index in [1.807, 2.05) is 30.3 Å². The van der Waals surface area contributed by atoms with Gasteiger partial charge in [0.25, 0.3) is 0 Å². The lowest BCUT2D eigenvalue weighted by molar-refractivity contribution is -0.138. The van der Waals surface area contributed by atoms with Gasteiger partial charge in [-0.15, -0.1) is 0 Å². The van der Waals surface area contributed by atoms with E-state index in [1.54, 1.807) is 32.2 Å². The van der Waals surface area contributed by atoms with E-state index >= 15 is 0 Å². The third kappa shape index (κ3) is 5.12. The summed E-state index contributed by atoms with van der Waals surface area (Å²) in [5, 5.41) is 9.91. The molecule has 0 fully saturated rings. The number of methoxy groups -OCH3 is 1. The number of ether oxygens (including phenoxy) is 4. The Hall–Kier alpha value is -3.92. The molecule has 1 heterocycles. The Morgan fingerprint density at radius 3 is 2.55 bits per heavy atom. The summed E-state index contributed by atoms with van der Waals surface area (Å²) in [6.45, 7) is 4.54. The average Bonchev–Trinajstić information content (AvgIpc) is 2.84. The first-order valence-electron chi connectivity index (χ1n) is 10.9. The molecule has 1 aliphatic heterocycles. The van der Waals surface area contributed by atoms with Crippen molar-refractivity contribution < 1.29 is 23.7 Å². The van der Waals surface area contributed by atoms with E-state index in [2.05, 4.69) is 13.0 Å². The van der Waals surface area contributed by atoms with Gasteiger partial charge in [-0.3, -0.25) is 0 Å². The minimum Gasteiger partial charge on any atom is -0.493 e. The van der Waals surface area contributed by atoms with Gasteiger partial charge in [-0.2, -0.15) is 5.26 Å². The summed E-state index contributed by atoms with van der Waals surface area (Å²) < 4.78 is 22.5. The van der Waals surface area contributed by atoms with Crippen LogP contribution in [0.2, 0.25) is 0 Å². The van der Waals surface area contributed by atoms with Gasteiger partial charge in [0, 0.05) is 5.56 Å². The Morgan fingerprint density at radius 1 is 1.15 bits per heavy atom. The van der Waals surface area contributed by atoms with Crippen molar-refractivity contribution in [3.05, 3.63) is 76.7 Å². The molecule has 2 aromatic carbocycles. The highest BCUT2D eigenvalue weighted by Gasteiger charge is 2.38. The number of allylic oxidation sites excluding steroid dienone is 1. The van der Waals surface area contributed by atoms with Crippen LogP contribution in [0.5, 0.6) is 11.5 Å². The maximum atomic E-state index is 13.1. The molecule has 0 aromatic heterocycles. The van der Waals surface area contributed by atoms with Crippen molar-refractivity contribution in [2.24, 2.45) is 5.73 Å². The van der Waals surface area contributed by atoms with E-state index in [0.717, 1.165) is 12.8 Å². The molecule has 0 aliphatic carbocycles. The molecule has 0 bridgehead atoms. The van der Waals surface area contributed by atoms with E-state index in [1.165, 1.54) is 0 Å². The van der Waals surface area contributed by atoms with Crippen LogP contribution in [0, 0.1) is 11.3 Å².